The molecule has 0 saturated carbocycles. The summed E-state index contributed by atoms with van der Waals surface area (Å²) in [4.78, 5) is 4.12. The van der Waals surface area contributed by atoms with Gasteiger partial charge in [-0.3, -0.25) is 4.18 Å². The summed E-state index contributed by atoms with van der Waals surface area (Å²) in [7, 11) is -3.54. The van der Waals surface area contributed by atoms with Gasteiger partial charge in [-0.05, 0) is 25.1 Å². The van der Waals surface area contributed by atoms with Crippen LogP contribution in [0.3, 0.4) is 0 Å². The maximum Gasteiger partial charge on any atom is 0.265 e. The third-order valence-electron chi connectivity index (χ3n) is 2.03. The normalized spacial score (nSPS) is 14.1. The predicted octanol–water partition coefficient (Wildman–Crippen LogP) is 2.52. The molecule has 92 valence electrons. The molecule has 17 heavy (non-hydrogen) atoms. The minimum Gasteiger partial charge on any atom is -0.438 e. The van der Waals surface area contributed by atoms with Crippen LogP contribution in [0, 0.1) is 0 Å². The molecule has 5 nitrogen and oxygen atoms in total. The van der Waals surface area contributed by atoms with Crippen molar-refractivity contribution < 1.29 is 17.0 Å². The van der Waals surface area contributed by atoms with Gasteiger partial charge in [0, 0.05) is 5.02 Å². The van der Waals surface area contributed by atoms with Crippen molar-refractivity contribution >= 4 is 32.8 Å². The van der Waals surface area contributed by atoms with Crippen LogP contribution in [0.2, 0.25) is 5.02 Å². The SMILES string of the molecule is CC(OS(C)(=O)=O)c1nc2cc(Cl)ccc2o1. The van der Waals surface area contributed by atoms with Crippen LogP contribution in [0.4, 0.5) is 0 Å². The van der Waals surface area contributed by atoms with Gasteiger partial charge in [0.1, 0.15) is 5.52 Å². The molecule has 0 saturated heterocycles. The summed E-state index contributed by atoms with van der Waals surface area (Å²) in [5.41, 5.74) is 1.10. The molecule has 0 aliphatic carbocycles. The first-order valence-corrected chi connectivity index (χ1v) is 6.99. The fourth-order valence-electron chi connectivity index (χ4n) is 1.40. The van der Waals surface area contributed by atoms with Crippen LogP contribution in [0.5, 0.6) is 0 Å². The molecule has 0 N–H and O–H groups in total. The van der Waals surface area contributed by atoms with Gasteiger partial charge >= 0.3 is 0 Å². The fourth-order valence-corrected chi connectivity index (χ4v) is 2.17. The fraction of sp³-hybridized carbons (Fsp3) is 0.300. The highest BCUT2D eigenvalue weighted by Gasteiger charge is 2.18. The van der Waals surface area contributed by atoms with Crippen molar-refractivity contribution in [3.05, 3.63) is 29.1 Å². The zero-order chi connectivity index (χ0) is 12.6. The van der Waals surface area contributed by atoms with Crippen molar-refractivity contribution in [2.75, 3.05) is 6.26 Å². The van der Waals surface area contributed by atoms with Crippen LogP contribution in [0.1, 0.15) is 18.9 Å². The molecule has 2 rings (SSSR count). The number of halogens is 1. The van der Waals surface area contributed by atoms with Crippen molar-refractivity contribution in [3.63, 3.8) is 0 Å². The van der Waals surface area contributed by atoms with Crippen LogP contribution in [-0.4, -0.2) is 19.7 Å². The second kappa shape index (κ2) is 4.29. The van der Waals surface area contributed by atoms with E-state index in [0.717, 1.165) is 6.26 Å². The highest BCUT2D eigenvalue weighted by Crippen LogP contribution is 2.25. The lowest BCUT2D eigenvalue weighted by atomic mass is 10.3. The molecule has 0 aliphatic rings. The Labute approximate surface area is 103 Å². The summed E-state index contributed by atoms with van der Waals surface area (Å²) < 4.78 is 32.1. The van der Waals surface area contributed by atoms with Crippen LogP contribution in [0.25, 0.3) is 11.1 Å². The number of benzene rings is 1. The largest absolute Gasteiger partial charge is 0.438 e. The highest BCUT2D eigenvalue weighted by molar-refractivity contribution is 7.86. The first-order chi connectivity index (χ1) is 7.85. The van der Waals surface area contributed by atoms with E-state index in [9.17, 15) is 8.42 Å². The molecule has 1 unspecified atom stereocenters. The van der Waals surface area contributed by atoms with Crippen LogP contribution in [-0.2, 0) is 14.3 Å². The van der Waals surface area contributed by atoms with Crippen molar-refractivity contribution in [3.8, 4) is 0 Å². The third kappa shape index (κ3) is 2.96. The number of hydrogen-bond donors (Lipinski definition) is 0. The molecule has 1 aromatic carbocycles. The quantitative estimate of drug-likeness (QED) is 0.805. The molecule has 1 aromatic heterocycles. The smallest absolute Gasteiger partial charge is 0.265 e. The van der Waals surface area contributed by atoms with E-state index in [1.165, 1.54) is 0 Å². The van der Waals surface area contributed by atoms with Crippen LogP contribution >= 0.6 is 11.6 Å². The monoisotopic (exact) mass is 275 g/mol. The zero-order valence-electron chi connectivity index (χ0n) is 9.18. The average Bonchev–Trinajstić information content (AvgIpc) is 2.57. The van der Waals surface area contributed by atoms with E-state index in [1.54, 1.807) is 25.1 Å². The van der Waals surface area contributed by atoms with Crippen LogP contribution in [0.15, 0.2) is 22.6 Å². The Morgan fingerprint density at radius 3 is 2.82 bits per heavy atom. The number of aromatic nitrogens is 1. The lowest BCUT2D eigenvalue weighted by Gasteiger charge is -2.05. The van der Waals surface area contributed by atoms with E-state index in [4.69, 9.17) is 20.2 Å². The van der Waals surface area contributed by atoms with Crippen molar-refractivity contribution in [1.82, 2.24) is 4.98 Å². The number of rotatable bonds is 3. The topological polar surface area (TPSA) is 69.4 Å². The van der Waals surface area contributed by atoms with E-state index in [-0.39, 0.29) is 5.89 Å². The van der Waals surface area contributed by atoms with Crippen molar-refractivity contribution in [2.24, 2.45) is 0 Å². The molecule has 0 bridgehead atoms. The number of hydrogen-bond acceptors (Lipinski definition) is 5. The Morgan fingerprint density at radius 1 is 1.47 bits per heavy atom. The Morgan fingerprint density at radius 2 is 2.18 bits per heavy atom. The van der Waals surface area contributed by atoms with Gasteiger partial charge in [0.25, 0.3) is 10.1 Å². The molecule has 1 heterocycles. The summed E-state index contributed by atoms with van der Waals surface area (Å²) in [5.74, 6) is 0.202. The third-order valence-corrected chi connectivity index (χ3v) is 2.91. The van der Waals surface area contributed by atoms with Gasteiger partial charge in [0.05, 0.1) is 6.26 Å². The molecule has 2 aromatic rings. The second-order valence-corrected chi connectivity index (χ2v) is 5.64. The summed E-state index contributed by atoms with van der Waals surface area (Å²) in [6.45, 7) is 1.55. The van der Waals surface area contributed by atoms with E-state index < -0.39 is 16.2 Å². The molecule has 0 aliphatic heterocycles. The van der Waals surface area contributed by atoms with E-state index in [1.807, 2.05) is 0 Å². The lowest BCUT2D eigenvalue weighted by molar-refractivity contribution is 0.201. The van der Waals surface area contributed by atoms with E-state index in [0.29, 0.717) is 16.1 Å². The Bertz CT molecular complexity index is 649. The average molecular weight is 276 g/mol. The standard InChI is InChI=1S/C10H10ClNO4S/c1-6(16-17(2,13)14)10-12-8-5-7(11)3-4-9(8)15-10/h3-6H,1-2H3. The Hall–Kier alpha value is -1.11. The van der Waals surface area contributed by atoms with Gasteiger partial charge in [-0.15, -0.1) is 0 Å². The molecule has 7 heteroatoms. The Balaban J connectivity index is 2.36. The number of nitrogens with zero attached hydrogens (tertiary/aromatic N) is 1. The zero-order valence-corrected chi connectivity index (χ0v) is 10.7. The van der Waals surface area contributed by atoms with Gasteiger partial charge < -0.3 is 4.42 Å². The molecular weight excluding hydrogens is 266 g/mol. The van der Waals surface area contributed by atoms with Gasteiger partial charge in [0.15, 0.2) is 11.7 Å². The summed E-state index contributed by atoms with van der Waals surface area (Å²) in [6.07, 6.45) is 0.208. The molecule has 0 fully saturated rings. The summed E-state index contributed by atoms with van der Waals surface area (Å²) >= 11 is 5.81. The molecule has 0 radical (unpaired) electrons. The molecular formula is C10H10ClNO4S. The molecule has 0 amide bonds. The Kier molecular flexibility index (Phi) is 3.11. The predicted molar refractivity (Wildman–Crippen MR) is 63.4 cm³/mol. The van der Waals surface area contributed by atoms with Crippen molar-refractivity contribution in [2.45, 2.75) is 13.0 Å². The highest BCUT2D eigenvalue weighted by atomic mass is 35.5. The van der Waals surface area contributed by atoms with Gasteiger partial charge in [-0.1, -0.05) is 11.6 Å². The number of fused-ring (bicyclic) bond motifs is 1. The van der Waals surface area contributed by atoms with E-state index in [2.05, 4.69) is 4.98 Å². The summed E-state index contributed by atoms with van der Waals surface area (Å²) in [5, 5.41) is 0.536. The number of oxazole rings is 1. The second-order valence-electron chi connectivity index (χ2n) is 3.61. The van der Waals surface area contributed by atoms with Gasteiger partial charge in [-0.2, -0.15) is 8.42 Å². The van der Waals surface area contributed by atoms with Crippen molar-refractivity contribution in [1.29, 1.82) is 0 Å². The maximum atomic E-state index is 11.0. The summed E-state index contributed by atoms with van der Waals surface area (Å²) in [6, 6.07) is 4.97. The molecule has 1 atom stereocenters. The minimum atomic E-state index is -3.54. The van der Waals surface area contributed by atoms with E-state index >= 15 is 0 Å². The lowest BCUT2D eigenvalue weighted by Crippen LogP contribution is -2.07. The van der Waals surface area contributed by atoms with Gasteiger partial charge in [0.2, 0.25) is 5.89 Å². The van der Waals surface area contributed by atoms with Crippen LogP contribution < -0.4 is 0 Å². The minimum absolute atomic E-state index is 0.202. The maximum absolute atomic E-state index is 11.0. The molecule has 0 spiro atoms. The first kappa shape index (κ1) is 12.3. The first-order valence-electron chi connectivity index (χ1n) is 4.79. The van der Waals surface area contributed by atoms with Gasteiger partial charge in [-0.25, -0.2) is 4.98 Å².